The summed E-state index contributed by atoms with van der Waals surface area (Å²) in [5, 5.41) is 18.8. The molecule has 4 nitrogen and oxygen atoms in total. The monoisotopic (exact) mass is 263 g/mol. The van der Waals surface area contributed by atoms with Gasteiger partial charge in [-0.25, -0.2) is 9.78 Å². The fourth-order valence-electron chi connectivity index (χ4n) is 1.89. The van der Waals surface area contributed by atoms with E-state index in [0.717, 1.165) is 16.1 Å². The second kappa shape index (κ2) is 4.88. The number of aliphatic hydroxyl groups excluding tert-OH is 1. The Balaban J connectivity index is 2.60. The van der Waals surface area contributed by atoms with E-state index in [1.54, 1.807) is 19.1 Å². The molecular formula is C13H13NO3S. The van der Waals surface area contributed by atoms with Gasteiger partial charge in [-0.1, -0.05) is 12.1 Å². The van der Waals surface area contributed by atoms with Crippen LogP contribution >= 0.6 is 11.3 Å². The van der Waals surface area contributed by atoms with Gasteiger partial charge in [0.15, 0.2) is 0 Å². The zero-order valence-electron chi connectivity index (χ0n) is 10.1. The lowest BCUT2D eigenvalue weighted by atomic mass is 10.00. The summed E-state index contributed by atoms with van der Waals surface area (Å²) in [6.45, 7) is 3.60. The first-order valence-electron chi connectivity index (χ1n) is 5.45. The second-order valence-corrected chi connectivity index (χ2v) is 5.24. The Morgan fingerprint density at radius 1 is 1.39 bits per heavy atom. The molecule has 0 aliphatic carbocycles. The van der Waals surface area contributed by atoms with Crippen molar-refractivity contribution in [1.29, 1.82) is 0 Å². The number of rotatable bonds is 3. The molecule has 0 bridgehead atoms. The van der Waals surface area contributed by atoms with E-state index in [-0.39, 0.29) is 12.2 Å². The van der Waals surface area contributed by atoms with Gasteiger partial charge >= 0.3 is 5.97 Å². The van der Waals surface area contributed by atoms with Crippen molar-refractivity contribution in [2.24, 2.45) is 0 Å². The summed E-state index contributed by atoms with van der Waals surface area (Å²) < 4.78 is 0. The van der Waals surface area contributed by atoms with Crippen LogP contribution in [0.25, 0.3) is 11.3 Å². The zero-order chi connectivity index (χ0) is 13.3. The number of carboxylic acid groups (broad SMARTS) is 1. The molecule has 5 heteroatoms. The van der Waals surface area contributed by atoms with E-state index in [4.69, 9.17) is 10.2 Å². The number of benzene rings is 1. The van der Waals surface area contributed by atoms with Crippen molar-refractivity contribution in [1.82, 2.24) is 4.98 Å². The first-order valence-corrected chi connectivity index (χ1v) is 6.26. The van der Waals surface area contributed by atoms with Crippen LogP contribution in [0.4, 0.5) is 0 Å². The van der Waals surface area contributed by atoms with Gasteiger partial charge < -0.3 is 10.2 Å². The molecule has 0 atom stereocenters. The van der Waals surface area contributed by atoms with Gasteiger partial charge in [-0.05, 0) is 25.5 Å². The highest BCUT2D eigenvalue weighted by Crippen LogP contribution is 2.31. The Labute approximate surface area is 109 Å². The minimum absolute atomic E-state index is 0.0941. The summed E-state index contributed by atoms with van der Waals surface area (Å²) in [6, 6.07) is 5.14. The molecule has 94 valence electrons. The highest BCUT2D eigenvalue weighted by molar-refractivity contribution is 7.12. The Kier molecular flexibility index (Phi) is 3.45. The van der Waals surface area contributed by atoms with Crippen LogP contribution in [-0.4, -0.2) is 21.2 Å². The normalized spacial score (nSPS) is 10.6. The van der Waals surface area contributed by atoms with Crippen LogP contribution in [0.1, 0.15) is 25.8 Å². The molecule has 0 radical (unpaired) electrons. The molecular weight excluding hydrogens is 250 g/mol. The third-order valence-corrected chi connectivity index (χ3v) is 3.75. The molecule has 0 spiro atoms. The van der Waals surface area contributed by atoms with E-state index in [2.05, 4.69) is 4.98 Å². The number of nitrogens with zero attached hydrogens (tertiary/aromatic N) is 1. The Morgan fingerprint density at radius 3 is 2.67 bits per heavy atom. The molecule has 1 aromatic carbocycles. The summed E-state index contributed by atoms with van der Waals surface area (Å²) >= 11 is 1.42. The first kappa shape index (κ1) is 12.7. The fraction of sp³-hybridized carbons (Fsp3) is 0.231. The van der Waals surface area contributed by atoms with Crippen molar-refractivity contribution in [3.63, 3.8) is 0 Å². The molecule has 18 heavy (non-hydrogen) atoms. The Morgan fingerprint density at radius 2 is 2.11 bits per heavy atom. The number of aryl methyl sites for hydroxylation is 1. The maximum atomic E-state index is 11.1. The predicted octanol–water partition coefficient (Wildman–Crippen LogP) is 2.62. The molecule has 0 amide bonds. The number of hydrogen-bond acceptors (Lipinski definition) is 4. The quantitative estimate of drug-likeness (QED) is 0.893. The van der Waals surface area contributed by atoms with E-state index in [1.807, 2.05) is 13.0 Å². The van der Waals surface area contributed by atoms with Crippen LogP contribution in [0, 0.1) is 13.8 Å². The standard InChI is InChI=1S/C13H13NO3S/c1-7-9(4-3-5-10(7)13(16)17)12-8(2)18-11(6-15)14-12/h3-5,15H,6H2,1-2H3,(H,16,17). The minimum Gasteiger partial charge on any atom is -0.478 e. The third-order valence-electron chi connectivity index (χ3n) is 2.80. The molecule has 0 aliphatic heterocycles. The van der Waals surface area contributed by atoms with E-state index in [1.165, 1.54) is 11.3 Å². The maximum Gasteiger partial charge on any atom is 0.335 e. The van der Waals surface area contributed by atoms with Crippen LogP contribution in [0.3, 0.4) is 0 Å². The fourth-order valence-corrected chi connectivity index (χ4v) is 2.70. The van der Waals surface area contributed by atoms with Crippen LogP contribution in [0.5, 0.6) is 0 Å². The highest BCUT2D eigenvalue weighted by atomic mass is 32.1. The number of aromatic carboxylic acids is 1. The maximum absolute atomic E-state index is 11.1. The molecule has 0 unspecified atom stereocenters. The molecule has 0 aliphatic rings. The molecule has 1 aromatic heterocycles. The Hall–Kier alpha value is -1.72. The topological polar surface area (TPSA) is 70.4 Å². The van der Waals surface area contributed by atoms with Crippen molar-refractivity contribution < 1.29 is 15.0 Å². The van der Waals surface area contributed by atoms with Gasteiger partial charge in [0.1, 0.15) is 5.01 Å². The van der Waals surface area contributed by atoms with Gasteiger partial charge in [0.05, 0.1) is 17.9 Å². The average Bonchev–Trinajstić information content (AvgIpc) is 2.70. The van der Waals surface area contributed by atoms with Crippen LogP contribution in [0.15, 0.2) is 18.2 Å². The Bertz CT molecular complexity index is 604. The molecule has 0 saturated heterocycles. The zero-order valence-corrected chi connectivity index (χ0v) is 10.9. The van der Waals surface area contributed by atoms with Gasteiger partial charge in [-0.3, -0.25) is 0 Å². The molecule has 2 rings (SSSR count). The lowest BCUT2D eigenvalue weighted by Gasteiger charge is -2.07. The summed E-state index contributed by atoms with van der Waals surface area (Å²) in [4.78, 5) is 16.4. The van der Waals surface area contributed by atoms with Gasteiger partial charge in [0.2, 0.25) is 0 Å². The highest BCUT2D eigenvalue weighted by Gasteiger charge is 2.15. The number of aliphatic hydroxyl groups is 1. The van der Waals surface area contributed by atoms with Crippen LogP contribution < -0.4 is 0 Å². The molecule has 2 N–H and O–H groups in total. The SMILES string of the molecule is Cc1sc(CO)nc1-c1cccc(C(=O)O)c1C. The van der Waals surface area contributed by atoms with Crippen molar-refractivity contribution in [2.45, 2.75) is 20.5 Å². The third kappa shape index (κ3) is 2.14. The number of aromatic nitrogens is 1. The van der Waals surface area contributed by atoms with Crippen LogP contribution in [0.2, 0.25) is 0 Å². The summed E-state index contributed by atoms with van der Waals surface area (Å²) in [6.07, 6.45) is 0. The summed E-state index contributed by atoms with van der Waals surface area (Å²) in [7, 11) is 0. The van der Waals surface area contributed by atoms with E-state index in [9.17, 15) is 4.79 Å². The number of carboxylic acids is 1. The molecule has 0 saturated carbocycles. The van der Waals surface area contributed by atoms with Crippen molar-refractivity contribution in [2.75, 3.05) is 0 Å². The lowest BCUT2D eigenvalue weighted by molar-refractivity contribution is 0.0696. The van der Waals surface area contributed by atoms with E-state index in [0.29, 0.717) is 10.6 Å². The average molecular weight is 263 g/mol. The lowest BCUT2D eigenvalue weighted by Crippen LogP contribution is -2.01. The van der Waals surface area contributed by atoms with E-state index >= 15 is 0 Å². The summed E-state index contributed by atoms with van der Waals surface area (Å²) in [5.41, 5.74) is 2.54. The largest absolute Gasteiger partial charge is 0.478 e. The number of hydrogen-bond donors (Lipinski definition) is 2. The first-order chi connectivity index (χ1) is 8.54. The van der Waals surface area contributed by atoms with Crippen molar-refractivity contribution in [3.8, 4) is 11.3 Å². The predicted molar refractivity (Wildman–Crippen MR) is 69.9 cm³/mol. The van der Waals surface area contributed by atoms with Crippen molar-refractivity contribution >= 4 is 17.3 Å². The molecule has 2 aromatic rings. The number of carbonyl (C=O) groups is 1. The van der Waals surface area contributed by atoms with Gasteiger partial charge in [-0.2, -0.15) is 0 Å². The molecule has 1 heterocycles. The minimum atomic E-state index is -0.940. The van der Waals surface area contributed by atoms with Gasteiger partial charge in [0, 0.05) is 10.4 Å². The van der Waals surface area contributed by atoms with E-state index < -0.39 is 5.97 Å². The smallest absolute Gasteiger partial charge is 0.335 e. The van der Waals surface area contributed by atoms with Gasteiger partial charge in [-0.15, -0.1) is 11.3 Å². The number of thiazole rings is 1. The summed E-state index contributed by atoms with van der Waals surface area (Å²) in [5.74, 6) is -0.940. The van der Waals surface area contributed by atoms with Crippen LogP contribution in [-0.2, 0) is 6.61 Å². The van der Waals surface area contributed by atoms with Crippen molar-refractivity contribution in [3.05, 3.63) is 39.2 Å². The second-order valence-electron chi connectivity index (χ2n) is 3.95. The molecule has 0 fully saturated rings. The van der Waals surface area contributed by atoms with Gasteiger partial charge in [0.25, 0.3) is 0 Å².